The fourth-order valence-corrected chi connectivity index (χ4v) is 2.76. The van der Waals surface area contributed by atoms with Crippen LogP contribution >= 0.6 is 0 Å². The average Bonchev–Trinajstić information content (AvgIpc) is 2.54. The van der Waals surface area contributed by atoms with Crippen LogP contribution in [-0.4, -0.2) is 20.5 Å². The van der Waals surface area contributed by atoms with Gasteiger partial charge in [0.25, 0.3) is 0 Å². The number of rotatable bonds is 2. The minimum Gasteiger partial charge on any atom is -0.392 e. The molecule has 3 rings (SSSR count). The number of fused-ring (bicyclic) bond motifs is 1. The zero-order chi connectivity index (χ0) is 16.6. The molecule has 1 aliphatic rings. The van der Waals surface area contributed by atoms with Gasteiger partial charge in [-0.3, -0.25) is 5.41 Å². The summed E-state index contributed by atoms with van der Waals surface area (Å²) in [6.45, 7) is 4.16. The number of aliphatic hydroxyl groups is 1. The molecule has 118 valence electrons. The Hall–Kier alpha value is -2.49. The van der Waals surface area contributed by atoms with Gasteiger partial charge >= 0.3 is 0 Å². The summed E-state index contributed by atoms with van der Waals surface area (Å²) in [5.74, 6) is 0. The van der Waals surface area contributed by atoms with Gasteiger partial charge in [0, 0.05) is 12.0 Å². The second-order valence-corrected chi connectivity index (χ2v) is 6.23. The number of hydrogen-bond acceptors (Lipinski definition) is 5. The van der Waals surface area contributed by atoms with Gasteiger partial charge in [0.05, 0.1) is 30.2 Å². The third-order valence-electron chi connectivity index (χ3n) is 3.97. The van der Waals surface area contributed by atoms with Gasteiger partial charge in [0.1, 0.15) is 11.6 Å². The van der Waals surface area contributed by atoms with E-state index in [-0.39, 0.29) is 17.7 Å². The maximum absolute atomic E-state index is 9.52. The molecule has 2 heterocycles. The van der Waals surface area contributed by atoms with Crippen molar-refractivity contribution >= 4 is 0 Å². The number of aliphatic hydroxyl groups excluding tert-OH is 1. The highest BCUT2D eigenvalue weighted by atomic mass is 16.5. The van der Waals surface area contributed by atoms with Crippen LogP contribution in [0.3, 0.4) is 0 Å². The van der Waals surface area contributed by atoms with Crippen molar-refractivity contribution in [2.24, 2.45) is 0 Å². The molecule has 0 saturated carbocycles. The number of nitrogens with one attached hydrogen (secondary N) is 1. The normalized spacial score (nSPS) is 15.7. The Balaban J connectivity index is 2.21. The van der Waals surface area contributed by atoms with E-state index >= 15 is 0 Å². The predicted molar refractivity (Wildman–Crippen MR) is 82.6 cm³/mol. The highest BCUT2D eigenvalue weighted by molar-refractivity contribution is 5.42. The zero-order valence-electron chi connectivity index (χ0n) is 13.1. The van der Waals surface area contributed by atoms with Crippen molar-refractivity contribution in [1.82, 2.24) is 9.78 Å². The predicted octanol–water partition coefficient (Wildman–Crippen LogP) is 1.57. The van der Waals surface area contributed by atoms with Crippen molar-refractivity contribution in [3.05, 3.63) is 52.1 Å². The van der Waals surface area contributed by atoms with Crippen molar-refractivity contribution in [3.8, 4) is 11.8 Å². The molecule has 0 fully saturated rings. The molecule has 0 atom stereocenters. The third-order valence-corrected chi connectivity index (χ3v) is 3.97. The van der Waals surface area contributed by atoms with Crippen molar-refractivity contribution in [2.75, 3.05) is 0 Å². The Kier molecular flexibility index (Phi) is 3.76. The van der Waals surface area contributed by atoms with Gasteiger partial charge in [-0.25, -0.2) is 4.68 Å². The van der Waals surface area contributed by atoms with E-state index in [1.54, 1.807) is 24.3 Å². The minimum atomic E-state index is -0.365. The first-order valence-electron chi connectivity index (χ1n) is 7.39. The molecule has 0 radical (unpaired) electrons. The van der Waals surface area contributed by atoms with Crippen LogP contribution in [0, 0.1) is 16.7 Å². The van der Waals surface area contributed by atoms with Crippen LogP contribution in [0.4, 0.5) is 0 Å². The van der Waals surface area contributed by atoms with Gasteiger partial charge in [-0.05, 0) is 31.5 Å². The van der Waals surface area contributed by atoms with E-state index in [2.05, 4.69) is 11.2 Å². The largest absolute Gasteiger partial charge is 0.392 e. The maximum Gasteiger partial charge on any atom is 0.164 e. The third kappa shape index (κ3) is 2.77. The molecule has 0 bridgehead atoms. The lowest BCUT2D eigenvalue weighted by Crippen LogP contribution is -2.37. The van der Waals surface area contributed by atoms with Crippen LogP contribution in [0.1, 0.15) is 36.2 Å². The Bertz CT molecular complexity index is 862. The molecule has 6 heteroatoms. The number of nitriles is 1. The Labute approximate surface area is 134 Å². The molecule has 1 aliphatic heterocycles. The van der Waals surface area contributed by atoms with E-state index in [9.17, 15) is 10.4 Å². The second-order valence-electron chi connectivity index (χ2n) is 6.23. The van der Waals surface area contributed by atoms with Crippen molar-refractivity contribution < 1.29 is 9.84 Å². The van der Waals surface area contributed by atoms with Crippen LogP contribution in [-0.2, 0) is 24.4 Å². The Morgan fingerprint density at radius 3 is 2.96 bits per heavy atom. The zero-order valence-corrected chi connectivity index (χ0v) is 13.1. The first-order chi connectivity index (χ1) is 10.9. The van der Waals surface area contributed by atoms with Crippen LogP contribution in [0.2, 0.25) is 0 Å². The molecular weight excluding hydrogens is 292 g/mol. The molecule has 0 saturated heterocycles. The fourth-order valence-electron chi connectivity index (χ4n) is 2.76. The van der Waals surface area contributed by atoms with Gasteiger partial charge in [-0.15, -0.1) is 0 Å². The number of hydrogen-bond donors (Lipinski definition) is 2. The average molecular weight is 310 g/mol. The van der Waals surface area contributed by atoms with E-state index in [4.69, 9.17) is 10.1 Å². The Morgan fingerprint density at radius 2 is 2.26 bits per heavy atom. The van der Waals surface area contributed by atoms with Crippen LogP contribution < -0.4 is 5.49 Å². The van der Waals surface area contributed by atoms with Crippen LogP contribution in [0.15, 0.2) is 24.3 Å². The fraction of sp³-hybridized carbons (Fsp3) is 0.353. The SMILES string of the molecule is CC1(C)Cc2c(nn(-c3cccc(CO)c3)c(=N)c2C#N)CO1. The van der Waals surface area contributed by atoms with Gasteiger partial charge in [-0.2, -0.15) is 10.4 Å². The van der Waals surface area contributed by atoms with Gasteiger partial charge in [0.2, 0.25) is 0 Å². The van der Waals surface area contributed by atoms with Crippen molar-refractivity contribution in [3.63, 3.8) is 0 Å². The summed E-state index contributed by atoms with van der Waals surface area (Å²) in [6.07, 6.45) is 0.557. The quantitative estimate of drug-likeness (QED) is 0.880. The molecule has 6 nitrogen and oxygen atoms in total. The standard InChI is InChI=1S/C17H18N4O2/c1-17(2)7-13-14(8-18)16(19)21(20-15(13)10-23-17)12-5-3-4-11(6-12)9-22/h3-6,19,22H,7,9-10H2,1-2H3. The van der Waals surface area contributed by atoms with Crippen LogP contribution in [0.25, 0.3) is 5.69 Å². The smallest absolute Gasteiger partial charge is 0.164 e. The number of ether oxygens (including phenoxy) is 1. The topological polar surface area (TPSA) is 94.9 Å². The number of aromatic nitrogens is 2. The highest BCUT2D eigenvalue weighted by Crippen LogP contribution is 2.27. The van der Waals surface area contributed by atoms with E-state index in [0.717, 1.165) is 11.1 Å². The lowest BCUT2D eigenvalue weighted by atomic mass is 9.92. The van der Waals surface area contributed by atoms with Gasteiger partial charge in [0.15, 0.2) is 5.49 Å². The molecule has 0 aliphatic carbocycles. The summed E-state index contributed by atoms with van der Waals surface area (Å²) >= 11 is 0. The monoisotopic (exact) mass is 310 g/mol. The van der Waals surface area contributed by atoms with E-state index in [1.807, 2.05) is 13.8 Å². The molecule has 23 heavy (non-hydrogen) atoms. The lowest BCUT2D eigenvalue weighted by molar-refractivity contribution is -0.0428. The Morgan fingerprint density at radius 1 is 1.48 bits per heavy atom. The van der Waals surface area contributed by atoms with Gasteiger partial charge < -0.3 is 9.84 Å². The first-order valence-corrected chi connectivity index (χ1v) is 7.39. The van der Waals surface area contributed by atoms with Gasteiger partial charge in [-0.1, -0.05) is 12.1 Å². The number of benzene rings is 1. The second kappa shape index (κ2) is 5.61. The summed E-state index contributed by atoms with van der Waals surface area (Å²) in [6, 6.07) is 9.29. The van der Waals surface area contributed by atoms with E-state index in [1.165, 1.54) is 4.68 Å². The molecule has 2 N–H and O–H groups in total. The maximum atomic E-state index is 9.52. The number of nitrogens with zero attached hydrogens (tertiary/aromatic N) is 3. The molecule has 0 unspecified atom stereocenters. The molecule has 0 amide bonds. The van der Waals surface area contributed by atoms with Crippen LogP contribution in [0.5, 0.6) is 0 Å². The molecule has 2 aromatic rings. The van der Waals surface area contributed by atoms with E-state index < -0.39 is 0 Å². The molecule has 1 aromatic heterocycles. The first kappa shape index (κ1) is 15.4. The summed E-state index contributed by atoms with van der Waals surface area (Å²) in [4.78, 5) is 0. The lowest BCUT2D eigenvalue weighted by Gasteiger charge is -2.31. The van der Waals surface area contributed by atoms with Crippen molar-refractivity contribution in [1.29, 1.82) is 10.7 Å². The molecular formula is C17H18N4O2. The molecule has 1 aromatic carbocycles. The highest BCUT2D eigenvalue weighted by Gasteiger charge is 2.30. The van der Waals surface area contributed by atoms with E-state index in [0.29, 0.717) is 30.0 Å². The summed E-state index contributed by atoms with van der Waals surface area (Å²) in [7, 11) is 0. The van der Waals surface area contributed by atoms with Crippen molar-refractivity contribution in [2.45, 2.75) is 39.1 Å². The minimum absolute atomic E-state index is 0.0547. The molecule has 0 spiro atoms. The summed E-state index contributed by atoms with van der Waals surface area (Å²) in [5.41, 5.74) is 2.88. The summed E-state index contributed by atoms with van der Waals surface area (Å²) < 4.78 is 7.21. The summed E-state index contributed by atoms with van der Waals surface area (Å²) in [5, 5.41) is 31.7.